The van der Waals surface area contributed by atoms with Crippen molar-refractivity contribution in [2.45, 2.75) is 13.8 Å². The van der Waals surface area contributed by atoms with E-state index in [-0.39, 0.29) is 36.9 Å². The van der Waals surface area contributed by atoms with Crippen LogP contribution in [0.25, 0.3) is 0 Å². The number of aryl methyl sites for hydroxylation is 2. The number of anilines is 1. The zero-order valence-corrected chi connectivity index (χ0v) is 14.0. The highest BCUT2D eigenvalue weighted by Crippen LogP contribution is 2.29. The molecule has 0 aromatic heterocycles. The number of aliphatic hydroxyl groups excluding tert-OH is 1. The Balaban J connectivity index is 2.39. The number of carbonyl (C=O) groups excluding carboxylic acids is 2. The number of nitrogens with zero attached hydrogens (tertiary/aromatic N) is 1. The van der Waals surface area contributed by atoms with E-state index >= 15 is 0 Å². The second-order valence-corrected chi connectivity index (χ2v) is 5.74. The average Bonchev–Trinajstić information content (AvgIpc) is 2.81. The third-order valence-corrected chi connectivity index (χ3v) is 4.11. The largest absolute Gasteiger partial charge is 0.466 e. The van der Waals surface area contributed by atoms with E-state index in [0.29, 0.717) is 10.7 Å². The van der Waals surface area contributed by atoms with E-state index < -0.39 is 5.97 Å². The molecule has 1 aliphatic rings. The third-order valence-electron chi connectivity index (χ3n) is 3.80. The highest BCUT2D eigenvalue weighted by Gasteiger charge is 2.34. The van der Waals surface area contributed by atoms with Gasteiger partial charge in [-0.05, 0) is 37.1 Å². The van der Waals surface area contributed by atoms with Crippen molar-refractivity contribution in [3.8, 4) is 0 Å². The molecule has 0 unspecified atom stereocenters. The predicted molar refractivity (Wildman–Crippen MR) is 87.3 cm³/mol. The van der Waals surface area contributed by atoms with Crippen LogP contribution in [0.1, 0.15) is 11.1 Å². The molecule has 0 saturated carbocycles. The van der Waals surface area contributed by atoms with Crippen molar-refractivity contribution in [3.63, 3.8) is 0 Å². The van der Waals surface area contributed by atoms with Gasteiger partial charge >= 0.3 is 5.97 Å². The lowest BCUT2D eigenvalue weighted by atomic mass is 10.1. The lowest BCUT2D eigenvalue weighted by molar-refractivity contribution is -0.136. The maximum Gasteiger partial charge on any atom is 0.337 e. The van der Waals surface area contributed by atoms with Gasteiger partial charge in [0.15, 0.2) is 0 Å². The van der Waals surface area contributed by atoms with Gasteiger partial charge in [0, 0.05) is 6.54 Å². The minimum atomic E-state index is -0.582. The molecule has 23 heavy (non-hydrogen) atoms. The first-order valence-electron chi connectivity index (χ1n) is 7.14. The highest BCUT2D eigenvalue weighted by molar-refractivity contribution is 6.33. The molecular weight excluding hydrogens is 320 g/mol. The standard InChI is InChI=1S/C16H19ClN2O4/c1-9-6-12(17)13(7-10(9)2)18-14-11(16(22)23-3)8-19(4-5-20)15(14)21/h6-7,18,20H,4-5,8H2,1-3H3. The first-order valence-corrected chi connectivity index (χ1v) is 7.52. The number of benzene rings is 1. The third kappa shape index (κ3) is 3.48. The van der Waals surface area contributed by atoms with Gasteiger partial charge in [-0.15, -0.1) is 0 Å². The first kappa shape index (κ1) is 17.3. The van der Waals surface area contributed by atoms with Gasteiger partial charge < -0.3 is 20.1 Å². The number of carbonyl (C=O) groups is 2. The highest BCUT2D eigenvalue weighted by atomic mass is 35.5. The maximum atomic E-state index is 12.4. The lowest BCUT2D eigenvalue weighted by Crippen LogP contribution is -2.31. The molecule has 0 aliphatic carbocycles. The number of halogens is 1. The predicted octanol–water partition coefficient (Wildman–Crippen LogP) is 1.63. The van der Waals surface area contributed by atoms with Gasteiger partial charge in [0.25, 0.3) is 5.91 Å². The zero-order valence-electron chi connectivity index (χ0n) is 13.3. The van der Waals surface area contributed by atoms with Crippen LogP contribution in [-0.4, -0.2) is 48.7 Å². The Morgan fingerprint density at radius 1 is 1.39 bits per heavy atom. The maximum absolute atomic E-state index is 12.4. The van der Waals surface area contributed by atoms with Crippen LogP contribution in [0.3, 0.4) is 0 Å². The second-order valence-electron chi connectivity index (χ2n) is 5.34. The number of methoxy groups -OCH3 is 1. The van der Waals surface area contributed by atoms with Crippen molar-refractivity contribution in [1.29, 1.82) is 0 Å². The van der Waals surface area contributed by atoms with Crippen molar-refractivity contribution >= 4 is 29.2 Å². The molecule has 0 atom stereocenters. The molecule has 1 amide bonds. The van der Waals surface area contributed by atoms with Crippen LogP contribution >= 0.6 is 11.6 Å². The summed E-state index contributed by atoms with van der Waals surface area (Å²) in [7, 11) is 1.26. The van der Waals surface area contributed by atoms with Crippen LogP contribution < -0.4 is 5.32 Å². The van der Waals surface area contributed by atoms with Crippen LogP contribution in [0.5, 0.6) is 0 Å². The molecule has 1 aromatic carbocycles. The summed E-state index contributed by atoms with van der Waals surface area (Å²) in [6.07, 6.45) is 0. The van der Waals surface area contributed by atoms with E-state index in [0.717, 1.165) is 11.1 Å². The van der Waals surface area contributed by atoms with Crippen molar-refractivity contribution in [2.75, 3.05) is 32.1 Å². The molecule has 0 spiro atoms. The van der Waals surface area contributed by atoms with E-state index in [1.165, 1.54) is 12.0 Å². The van der Waals surface area contributed by atoms with Crippen LogP contribution in [0, 0.1) is 13.8 Å². The van der Waals surface area contributed by atoms with Crippen molar-refractivity contribution in [2.24, 2.45) is 0 Å². The summed E-state index contributed by atoms with van der Waals surface area (Å²) in [5, 5.41) is 12.5. The molecule has 1 aliphatic heterocycles. The van der Waals surface area contributed by atoms with Gasteiger partial charge in [-0.3, -0.25) is 4.79 Å². The number of β-amino-alcohol motifs (C(OH)–C–C–N with tert-alkyl or cyclic N) is 1. The Kier molecular flexibility index (Phi) is 5.28. The van der Waals surface area contributed by atoms with Gasteiger partial charge in [0.2, 0.25) is 0 Å². The molecule has 0 fully saturated rings. The number of ether oxygens (including phenoxy) is 1. The molecule has 0 bridgehead atoms. The van der Waals surface area contributed by atoms with Crippen LogP contribution in [0.15, 0.2) is 23.4 Å². The number of aliphatic hydroxyl groups is 1. The Hall–Kier alpha value is -2.05. The Labute approximate surface area is 139 Å². The molecule has 2 rings (SSSR count). The minimum Gasteiger partial charge on any atom is -0.466 e. The van der Waals surface area contributed by atoms with E-state index in [1.54, 1.807) is 6.07 Å². The number of esters is 1. The molecule has 0 radical (unpaired) electrons. The monoisotopic (exact) mass is 338 g/mol. The number of hydrogen-bond donors (Lipinski definition) is 2. The molecule has 7 heteroatoms. The number of rotatable bonds is 5. The second kappa shape index (κ2) is 7.02. The lowest BCUT2D eigenvalue weighted by Gasteiger charge is -2.15. The number of amides is 1. The molecule has 124 valence electrons. The summed E-state index contributed by atoms with van der Waals surface area (Å²) in [6, 6.07) is 3.62. The Morgan fingerprint density at radius 2 is 2.04 bits per heavy atom. The number of nitrogens with one attached hydrogen (secondary N) is 1. The van der Waals surface area contributed by atoms with E-state index in [4.69, 9.17) is 21.4 Å². The Morgan fingerprint density at radius 3 is 2.65 bits per heavy atom. The summed E-state index contributed by atoms with van der Waals surface area (Å²) < 4.78 is 4.74. The normalized spacial score (nSPS) is 14.5. The van der Waals surface area contributed by atoms with Gasteiger partial charge in [0.1, 0.15) is 5.70 Å². The van der Waals surface area contributed by atoms with E-state index in [1.807, 2.05) is 19.9 Å². The molecule has 1 heterocycles. The van der Waals surface area contributed by atoms with E-state index in [9.17, 15) is 9.59 Å². The molecule has 1 aromatic rings. The Bertz CT molecular complexity index is 685. The summed E-state index contributed by atoms with van der Waals surface area (Å²) in [6.45, 7) is 3.93. The van der Waals surface area contributed by atoms with Crippen molar-refractivity contribution in [1.82, 2.24) is 4.90 Å². The summed E-state index contributed by atoms with van der Waals surface area (Å²) in [5.41, 5.74) is 2.94. The van der Waals surface area contributed by atoms with Crippen LogP contribution in [0.4, 0.5) is 5.69 Å². The average molecular weight is 339 g/mol. The van der Waals surface area contributed by atoms with Crippen LogP contribution in [-0.2, 0) is 14.3 Å². The van der Waals surface area contributed by atoms with Gasteiger partial charge in [-0.2, -0.15) is 0 Å². The van der Waals surface area contributed by atoms with Crippen LogP contribution in [0.2, 0.25) is 5.02 Å². The SMILES string of the molecule is COC(=O)C1=C(Nc2cc(C)c(C)cc2Cl)C(=O)N(CCO)C1. The first-order chi connectivity index (χ1) is 10.9. The van der Waals surface area contributed by atoms with E-state index in [2.05, 4.69) is 5.32 Å². The molecule has 6 nitrogen and oxygen atoms in total. The smallest absolute Gasteiger partial charge is 0.337 e. The van der Waals surface area contributed by atoms with Gasteiger partial charge in [0.05, 0.1) is 36.5 Å². The molecular formula is C16H19ClN2O4. The summed E-state index contributed by atoms with van der Waals surface area (Å²) in [5.74, 6) is -0.949. The topological polar surface area (TPSA) is 78.9 Å². The van der Waals surface area contributed by atoms with Gasteiger partial charge in [-0.25, -0.2) is 4.79 Å². The fraction of sp³-hybridized carbons (Fsp3) is 0.375. The minimum absolute atomic E-state index is 0.0941. The zero-order chi connectivity index (χ0) is 17.1. The summed E-state index contributed by atoms with van der Waals surface area (Å²) >= 11 is 6.22. The quantitative estimate of drug-likeness (QED) is 0.798. The molecule has 0 saturated heterocycles. The number of hydrogen-bond acceptors (Lipinski definition) is 5. The fourth-order valence-corrected chi connectivity index (χ4v) is 2.63. The molecule has 2 N–H and O–H groups in total. The van der Waals surface area contributed by atoms with Gasteiger partial charge in [-0.1, -0.05) is 11.6 Å². The fourth-order valence-electron chi connectivity index (χ4n) is 2.36. The summed E-state index contributed by atoms with van der Waals surface area (Å²) in [4.78, 5) is 25.7. The van der Waals surface area contributed by atoms with Crippen molar-refractivity contribution in [3.05, 3.63) is 39.6 Å². The van der Waals surface area contributed by atoms with Crippen molar-refractivity contribution < 1.29 is 19.4 Å².